The number of H-pyrrole nitrogens is 1. The molecule has 0 aliphatic heterocycles. The van der Waals surface area contributed by atoms with E-state index in [1.165, 1.54) is 6.92 Å². The zero-order valence-corrected chi connectivity index (χ0v) is 17.5. The number of aryl methyl sites for hydroxylation is 2. The van der Waals surface area contributed by atoms with Crippen LogP contribution in [0.5, 0.6) is 0 Å². The van der Waals surface area contributed by atoms with Crippen molar-refractivity contribution in [2.75, 3.05) is 18.5 Å². The fourth-order valence-corrected chi connectivity index (χ4v) is 4.37. The van der Waals surface area contributed by atoms with Gasteiger partial charge in [-0.1, -0.05) is 22.0 Å². The van der Waals surface area contributed by atoms with Gasteiger partial charge in [0.1, 0.15) is 10.5 Å². The Morgan fingerprint density at radius 1 is 1.22 bits per heavy atom. The van der Waals surface area contributed by atoms with Gasteiger partial charge in [0.25, 0.3) is 0 Å². The van der Waals surface area contributed by atoms with Crippen LogP contribution in [0, 0.1) is 13.8 Å². The van der Waals surface area contributed by atoms with E-state index in [-0.39, 0.29) is 22.8 Å². The molecule has 1 heterocycles. The van der Waals surface area contributed by atoms with Gasteiger partial charge < -0.3 is 15.0 Å². The van der Waals surface area contributed by atoms with Gasteiger partial charge in [0.05, 0.1) is 13.2 Å². The van der Waals surface area contributed by atoms with E-state index in [4.69, 9.17) is 4.74 Å². The van der Waals surface area contributed by atoms with Crippen LogP contribution in [0.1, 0.15) is 28.7 Å². The summed E-state index contributed by atoms with van der Waals surface area (Å²) in [6, 6.07) is 6.90. The van der Waals surface area contributed by atoms with Crippen LogP contribution < -0.4 is 10.0 Å². The van der Waals surface area contributed by atoms with Gasteiger partial charge in [-0.25, -0.2) is 17.9 Å². The van der Waals surface area contributed by atoms with Gasteiger partial charge in [0, 0.05) is 21.5 Å². The van der Waals surface area contributed by atoms with E-state index in [2.05, 4.69) is 31.0 Å². The van der Waals surface area contributed by atoms with Crippen molar-refractivity contribution in [1.29, 1.82) is 0 Å². The fraction of sp³-hybridized carbons (Fsp3) is 0.294. The molecule has 0 bridgehead atoms. The summed E-state index contributed by atoms with van der Waals surface area (Å²) in [5.41, 5.74) is 1.13. The van der Waals surface area contributed by atoms with Gasteiger partial charge in [-0.2, -0.15) is 0 Å². The van der Waals surface area contributed by atoms with E-state index >= 15 is 0 Å². The molecule has 2 rings (SSSR count). The van der Waals surface area contributed by atoms with Crippen LogP contribution >= 0.6 is 15.9 Å². The van der Waals surface area contributed by atoms with Crippen molar-refractivity contribution >= 4 is 43.5 Å². The molecule has 1 amide bonds. The molecule has 1 aromatic carbocycles. The summed E-state index contributed by atoms with van der Waals surface area (Å²) in [6.45, 7) is 4.38. The third kappa shape index (κ3) is 5.18. The van der Waals surface area contributed by atoms with Crippen molar-refractivity contribution < 1.29 is 22.7 Å². The SMILES string of the molecule is CCOC(=O)c1c(C)[nH]c(C)c1S(=O)(=O)NCC(=O)Nc1cccc(Br)c1. The Morgan fingerprint density at radius 3 is 2.56 bits per heavy atom. The molecule has 27 heavy (non-hydrogen) atoms. The summed E-state index contributed by atoms with van der Waals surface area (Å²) in [5.74, 6) is -1.28. The van der Waals surface area contributed by atoms with Crippen LogP contribution in [0.25, 0.3) is 0 Å². The second kappa shape index (κ2) is 8.68. The maximum atomic E-state index is 12.7. The Morgan fingerprint density at radius 2 is 1.93 bits per heavy atom. The van der Waals surface area contributed by atoms with Crippen molar-refractivity contribution in [2.24, 2.45) is 0 Å². The maximum Gasteiger partial charge on any atom is 0.341 e. The first-order chi connectivity index (χ1) is 12.7. The Bertz CT molecular complexity index is 969. The predicted octanol–water partition coefficient (Wildman–Crippen LogP) is 2.49. The number of rotatable bonds is 7. The Labute approximate surface area is 165 Å². The number of hydrogen-bond donors (Lipinski definition) is 3. The molecule has 0 radical (unpaired) electrons. The second-order valence-electron chi connectivity index (χ2n) is 5.68. The van der Waals surface area contributed by atoms with Crippen molar-refractivity contribution in [1.82, 2.24) is 9.71 Å². The molecule has 0 spiro atoms. The lowest BCUT2D eigenvalue weighted by atomic mass is 10.2. The minimum atomic E-state index is -4.11. The summed E-state index contributed by atoms with van der Waals surface area (Å²) in [7, 11) is -4.11. The molecule has 0 unspecified atom stereocenters. The van der Waals surface area contributed by atoms with Crippen LogP contribution in [0.2, 0.25) is 0 Å². The average Bonchev–Trinajstić information content (AvgIpc) is 2.88. The number of sulfonamides is 1. The predicted molar refractivity (Wildman–Crippen MR) is 104 cm³/mol. The Hall–Kier alpha value is -2.17. The first kappa shape index (κ1) is 21.1. The molecule has 0 atom stereocenters. The lowest BCUT2D eigenvalue weighted by Crippen LogP contribution is -2.33. The van der Waals surface area contributed by atoms with Crippen LogP contribution in [-0.4, -0.2) is 38.4 Å². The standard InChI is InChI=1S/C17H20BrN3O5S/c1-4-26-17(23)15-10(2)20-11(3)16(15)27(24,25)19-9-14(22)21-13-7-5-6-12(18)8-13/h5-8,19-20H,4,9H2,1-3H3,(H,21,22). The maximum absolute atomic E-state index is 12.7. The van der Waals surface area contributed by atoms with Crippen LogP contribution in [-0.2, 0) is 19.6 Å². The topological polar surface area (TPSA) is 117 Å². The molecule has 1 aromatic heterocycles. The molecule has 0 saturated carbocycles. The normalized spacial score (nSPS) is 11.3. The van der Waals surface area contributed by atoms with E-state index < -0.39 is 28.4 Å². The monoisotopic (exact) mass is 457 g/mol. The van der Waals surface area contributed by atoms with Gasteiger partial charge >= 0.3 is 5.97 Å². The average molecular weight is 458 g/mol. The molecule has 8 nitrogen and oxygen atoms in total. The highest BCUT2D eigenvalue weighted by atomic mass is 79.9. The minimum Gasteiger partial charge on any atom is -0.462 e. The third-order valence-electron chi connectivity index (χ3n) is 3.60. The minimum absolute atomic E-state index is 0.0609. The Kier molecular flexibility index (Phi) is 6.79. The second-order valence-corrected chi connectivity index (χ2v) is 8.30. The number of aromatic amines is 1. The van der Waals surface area contributed by atoms with E-state index in [0.717, 1.165) is 4.47 Å². The summed E-state index contributed by atoms with van der Waals surface area (Å²) >= 11 is 3.29. The molecule has 0 aliphatic carbocycles. The largest absolute Gasteiger partial charge is 0.462 e. The van der Waals surface area contributed by atoms with Crippen LogP contribution in [0.4, 0.5) is 5.69 Å². The quantitative estimate of drug-likeness (QED) is 0.552. The van der Waals surface area contributed by atoms with Crippen molar-refractivity contribution in [2.45, 2.75) is 25.7 Å². The third-order valence-corrected chi connectivity index (χ3v) is 5.66. The van der Waals surface area contributed by atoms with E-state index in [0.29, 0.717) is 11.4 Å². The number of ether oxygens (including phenoxy) is 1. The number of benzene rings is 1. The summed E-state index contributed by atoms with van der Waals surface area (Å²) in [4.78, 5) is 26.8. The smallest absolute Gasteiger partial charge is 0.341 e. The zero-order chi connectivity index (χ0) is 20.2. The highest BCUT2D eigenvalue weighted by molar-refractivity contribution is 9.10. The van der Waals surface area contributed by atoms with Gasteiger partial charge in [-0.15, -0.1) is 0 Å². The first-order valence-electron chi connectivity index (χ1n) is 8.07. The van der Waals surface area contributed by atoms with Crippen molar-refractivity contribution in [3.05, 3.63) is 45.7 Å². The highest BCUT2D eigenvalue weighted by Crippen LogP contribution is 2.24. The number of hydrogen-bond acceptors (Lipinski definition) is 5. The lowest BCUT2D eigenvalue weighted by Gasteiger charge is -2.10. The van der Waals surface area contributed by atoms with Crippen molar-refractivity contribution in [3.8, 4) is 0 Å². The number of amides is 1. The van der Waals surface area contributed by atoms with E-state index in [9.17, 15) is 18.0 Å². The van der Waals surface area contributed by atoms with Gasteiger partial charge in [0.2, 0.25) is 15.9 Å². The van der Waals surface area contributed by atoms with E-state index in [1.54, 1.807) is 38.1 Å². The fourth-order valence-electron chi connectivity index (χ4n) is 2.55. The summed E-state index contributed by atoms with van der Waals surface area (Å²) < 4.78 is 33.3. The van der Waals surface area contributed by atoms with Crippen molar-refractivity contribution in [3.63, 3.8) is 0 Å². The number of carbonyl (C=O) groups excluding carboxylic acids is 2. The van der Waals surface area contributed by atoms with Crippen LogP contribution in [0.15, 0.2) is 33.6 Å². The molecule has 0 aliphatic rings. The summed E-state index contributed by atoms with van der Waals surface area (Å²) in [6.07, 6.45) is 0. The molecule has 0 saturated heterocycles. The van der Waals surface area contributed by atoms with E-state index in [1.807, 2.05) is 0 Å². The molecule has 146 valence electrons. The number of aromatic nitrogens is 1. The lowest BCUT2D eigenvalue weighted by molar-refractivity contribution is -0.115. The number of anilines is 1. The first-order valence-corrected chi connectivity index (χ1v) is 10.3. The summed E-state index contributed by atoms with van der Waals surface area (Å²) in [5, 5.41) is 2.59. The number of nitrogens with one attached hydrogen (secondary N) is 3. The Balaban J connectivity index is 2.17. The molecule has 10 heteroatoms. The molecular formula is C17H20BrN3O5S. The van der Waals surface area contributed by atoms with Crippen LogP contribution in [0.3, 0.4) is 0 Å². The highest BCUT2D eigenvalue weighted by Gasteiger charge is 2.30. The molecular weight excluding hydrogens is 438 g/mol. The van der Waals surface area contributed by atoms with Gasteiger partial charge in [-0.05, 0) is 39.0 Å². The van der Waals surface area contributed by atoms with Gasteiger partial charge in [0.15, 0.2) is 0 Å². The van der Waals surface area contributed by atoms with Gasteiger partial charge in [-0.3, -0.25) is 4.79 Å². The number of esters is 1. The zero-order valence-electron chi connectivity index (χ0n) is 15.1. The molecule has 3 N–H and O–H groups in total. The number of carbonyl (C=O) groups is 2. The molecule has 0 fully saturated rings. The molecule has 2 aromatic rings. The number of halogens is 1.